The number of aromatic nitrogens is 2. The lowest BCUT2D eigenvalue weighted by molar-refractivity contribution is 0.0924. The molecule has 0 radical (unpaired) electrons. The van der Waals surface area contributed by atoms with Crippen molar-refractivity contribution in [3.63, 3.8) is 0 Å². The van der Waals surface area contributed by atoms with E-state index in [4.69, 9.17) is 4.74 Å². The molecule has 1 aliphatic rings. The number of carbonyl (C=O) groups excluding carboxylic acids is 1. The Morgan fingerprint density at radius 3 is 2.62 bits per heavy atom. The molecule has 4 aromatic rings. The van der Waals surface area contributed by atoms with Gasteiger partial charge in [0.25, 0.3) is 5.91 Å². The van der Waals surface area contributed by atoms with Gasteiger partial charge >= 0.3 is 0 Å². The van der Waals surface area contributed by atoms with Gasteiger partial charge in [-0.2, -0.15) is 5.10 Å². The number of hydrogen-bond acceptors (Lipinski definition) is 4. The molecule has 0 spiro atoms. The average molecular weight is 455 g/mol. The summed E-state index contributed by atoms with van der Waals surface area (Å²) in [6.45, 7) is 5.73. The van der Waals surface area contributed by atoms with Crippen LogP contribution in [-0.2, 0) is 0 Å². The molecule has 1 aromatic heterocycles. The number of piperidine rings is 1. The van der Waals surface area contributed by atoms with E-state index in [0.29, 0.717) is 11.5 Å². The second kappa shape index (κ2) is 9.69. The van der Waals surface area contributed by atoms with Gasteiger partial charge in [0.2, 0.25) is 0 Å². The molecule has 0 bridgehead atoms. The Balaban J connectivity index is 1.38. The molecular weight excluding hydrogens is 424 g/mol. The van der Waals surface area contributed by atoms with E-state index < -0.39 is 0 Å². The van der Waals surface area contributed by atoms with Crippen LogP contribution < -0.4 is 15.4 Å². The third kappa shape index (κ3) is 4.68. The van der Waals surface area contributed by atoms with Crippen LogP contribution in [0.3, 0.4) is 0 Å². The molecule has 0 aliphatic carbocycles. The standard InChI is InChI=1S/C28H30N4O2/c1-18(2)34-22-11-8-20(9-12-22)27-24-16-21(10-13-25(24)31-32-27)28(33)30-26-17-29-15-14-23(26)19-6-4-3-5-7-19/h3-13,16,18,23,26,29H,14-15,17H2,1-2H3,(H,30,33)(H,31,32)/t23-,26+/m0/s1. The summed E-state index contributed by atoms with van der Waals surface area (Å²) in [6.07, 6.45) is 1.12. The number of hydrogen-bond donors (Lipinski definition) is 3. The molecule has 34 heavy (non-hydrogen) atoms. The van der Waals surface area contributed by atoms with Crippen LogP contribution in [0.1, 0.15) is 42.1 Å². The van der Waals surface area contributed by atoms with Gasteiger partial charge in [0.1, 0.15) is 5.75 Å². The lowest BCUT2D eigenvalue weighted by Crippen LogP contribution is -2.50. The predicted molar refractivity (Wildman–Crippen MR) is 135 cm³/mol. The highest BCUT2D eigenvalue weighted by Crippen LogP contribution is 2.29. The molecule has 1 saturated heterocycles. The summed E-state index contributed by atoms with van der Waals surface area (Å²) in [5.74, 6) is 1.06. The topological polar surface area (TPSA) is 79.0 Å². The smallest absolute Gasteiger partial charge is 0.251 e. The van der Waals surface area contributed by atoms with E-state index in [1.807, 2.05) is 62.4 Å². The summed E-state index contributed by atoms with van der Waals surface area (Å²) in [6, 6.07) is 24.1. The maximum Gasteiger partial charge on any atom is 0.251 e. The lowest BCUT2D eigenvalue weighted by Gasteiger charge is -2.33. The first kappa shape index (κ1) is 22.2. The molecule has 2 atom stereocenters. The molecule has 5 rings (SSSR count). The van der Waals surface area contributed by atoms with Gasteiger partial charge in [0.15, 0.2) is 0 Å². The molecule has 3 aromatic carbocycles. The zero-order valence-electron chi connectivity index (χ0n) is 19.5. The van der Waals surface area contributed by atoms with Crippen LogP contribution in [-0.4, -0.2) is 41.3 Å². The lowest BCUT2D eigenvalue weighted by atomic mass is 9.86. The third-order valence-electron chi connectivity index (χ3n) is 6.35. The van der Waals surface area contributed by atoms with Crippen molar-refractivity contribution in [3.05, 3.63) is 83.9 Å². The number of carbonyl (C=O) groups is 1. The van der Waals surface area contributed by atoms with Gasteiger partial charge in [-0.15, -0.1) is 0 Å². The third-order valence-corrected chi connectivity index (χ3v) is 6.35. The molecule has 3 N–H and O–H groups in total. The van der Waals surface area contributed by atoms with Crippen LogP contribution in [0.25, 0.3) is 22.2 Å². The first-order valence-electron chi connectivity index (χ1n) is 11.9. The van der Waals surface area contributed by atoms with Crippen LogP contribution >= 0.6 is 0 Å². The SMILES string of the molecule is CC(C)Oc1ccc(-c2n[nH]c3ccc(C(=O)N[C@@H]4CNCC[C@H]4c4ccccc4)cc23)cc1. The zero-order valence-corrected chi connectivity index (χ0v) is 19.5. The normalized spacial score (nSPS) is 18.2. The highest BCUT2D eigenvalue weighted by atomic mass is 16.5. The second-order valence-electron chi connectivity index (χ2n) is 9.11. The van der Waals surface area contributed by atoms with Crippen LogP contribution in [0.15, 0.2) is 72.8 Å². The first-order valence-corrected chi connectivity index (χ1v) is 11.9. The second-order valence-corrected chi connectivity index (χ2v) is 9.11. The Labute approximate surface area is 199 Å². The minimum absolute atomic E-state index is 0.0386. The zero-order chi connectivity index (χ0) is 23.5. The fraction of sp³-hybridized carbons (Fsp3) is 0.286. The van der Waals surface area contributed by atoms with Gasteiger partial charge in [0, 0.05) is 35.0 Å². The molecular formula is C28H30N4O2. The van der Waals surface area contributed by atoms with E-state index >= 15 is 0 Å². The van der Waals surface area contributed by atoms with Crippen molar-refractivity contribution in [1.29, 1.82) is 0 Å². The van der Waals surface area contributed by atoms with Crippen molar-refractivity contribution in [2.75, 3.05) is 13.1 Å². The molecule has 6 nitrogen and oxygen atoms in total. The Hall–Kier alpha value is -3.64. The Morgan fingerprint density at radius 2 is 1.85 bits per heavy atom. The summed E-state index contributed by atoms with van der Waals surface area (Å²) in [5, 5.41) is 15.2. The van der Waals surface area contributed by atoms with E-state index in [1.165, 1.54) is 5.56 Å². The van der Waals surface area contributed by atoms with E-state index in [2.05, 4.69) is 45.1 Å². The number of ether oxygens (including phenoxy) is 1. The number of nitrogens with zero attached hydrogens (tertiary/aromatic N) is 1. The summed E-state index contributed by atoms with van der Waals surface area (Å²) < 4.78 is 5.75. The number of benzene rings is 3. The maximum atomic E-state index is 13.3. The summed E-state index contributed by atoms with van der Waals surface area (Å²) in [5.41, 5.74) is 4.59. The van der Waals surface area contributed by atoms with Crippen molar-refractivity contribution in [3.8, 4) is 17.0 Å². The van der Waals surface area contributed by atoms with Crippen LogP contribution in [0, 0.1) is 0 Å². The highest BCUT2D eigenvalue weighted by molar-refractivity contribution is 6.01. The largest absolute Gasteiger partial charge is 0.491 e. The summed E-state index contributed by atoms with van der Waals surface area (Å²) in [4.78, 5) is 13.3. The number of fused-ring (bicyclic) bond motifs is 1. The molecule has 0 saturated carbocycles. The Kier molecular flexibility index (Phi) is 6.32. The van der Waals surface area contributed by atoms with Crippen molar-refractivity contribution in [2.24, 2.45) is 0 Å². The van der Waals surface area contributed by atoms with E-state index in [9.17, 15) is 4.79 Å². The van der Waals surface area contributed by atoms with Crippen molar-refractivity contribution < 1.29 is 9.53 Å². The number of aromatic amines is 1. The fourth-order valence-electron chi connectivity index (χ4n) is 4.70. The van der Waals surface area contributed by atoms with Crippen molar-refractivity contribution in [2.45, 2.75) is 38.3 Å². The number of nitrogens with one attached hydrogen (secondary N) is 3. The van der Waals surface area contributed by atoms with Gasteiger partial charge in [-0.25, -0.2) is 0 Å². The minimum Gasteiger partial charge on any atom is -0.491 e. The molecule has 1 fully saturated rings. The van der Waals surface area contributed by atoms with Crippen molar-refractivity contribution in [1.82, 2.24) is 20.8 Å². The van der Waals surface area contributed by atoms with Gasteiger partial charge in [-0.05, 0) is 74.8 Å². The van der Waals surface area contributed by atoms with E-state index in [1.54, 1.807) is 0 Å². The predicted octanol–water partition coefficient (Wildman–Crippen LogP) is 4.89. The molecule has 1 amide bonds. The van der Waals surface area contributed by atoms with E-state index in [0.717, 1.165) is 47.4 Å². The van der Waals surface area contributed by atoms with Gasteiger partial charge in [0.05, 0.1) is 17.3 Å². The number of H-pyrrole nitrogens is 1. The summed E-state index contributed by atoms with van der Waals surface area (Å²) in [7, 11) is 0. The van der Waals surface area contributed by atoms with Crippen molar-refractivity contribution >= 4 is 16.8 Å². The first-order chi connectivity index (χ1) is 16.6. The van der Waals surface area contributed by atoms with Crippen LogP contribution in [0.4, 0.5) is 0 Å². The van der Waals surface area contributed by atoms with Crippen LogP contribution in [0.5, 0.6) is 5.75 Å². The fourth-order valence-corrected chi connectivity index (χ4v) is 4.70. The molecule has 1 aliphatic heterocycles. The molecule has 6 heteroatoms. The van der Waals surface area contributed by atoms with Gasteiger partial charge < -0.3 is 15.4 Å². The summed E-state index contributed by atoms with van der Waals surface area (Å²) >= 11 is 0. The van der Waals surface area contributed by atoms with Gasteiger partial charge in [-0.1, -0.05) is 30.3 Å². The minimum atomic E-state index is -0.0654. The number of amides is 1. The van der Waals surface area contributed by atoms with Gasteiger partial charge in [-0.3, -0.25) is 9.89 Å². The Bertz CT molecular complexity index is 1260. The highest BCUT2D eigenvalue weighted by Gasteiger charge is 2.28. The molecule has 174 valence electrons. The average Bonchev–Trinajstić information content (AvgIpc) is 3.28. The molecule has 0 unspecified atom stereocenters. The Morgan fingerprint density at radius 1 is 1.06 bits per heavy atom. The maximum absolute atomic E-state index is 13.3. The van der Waals surface area contributed by atoms with E-state index in [-0.39, 0.29) is 18.1 Å². The quantitative estimate of drug-likeness (QED) is 0.387. The number of rotatable bonds is 6. The van der Waals surface area contributed by atoms with Crippen LogP contribution in [0.2, 0.25) is 0 Å². The molecule has 2 heterocycles. The monoisotopic (exact) mass is 454 g/mol.